The van der Waals surface area contributed by atoms with E-state index in [1.54, 1.807) is 13.3 Å². The van der Waals surface area contributed by atoms with Crippen LogP contribution in [0, 0.1) is 0 Å². The Labute approximate surface area is 148 Å². The van der Waals surface area contributed by atoms with Crippen molar-refractivity contribution in [2.75, 3.05) is 45.3 Å². The third-order valence-electron chi connectivity index (χ3n) is 4.54. The molecule has 136 valence electrons. The van der Waals surface area contributed by atoms with Crippen molar-refractivity contribution in [1.82, 2.24) is 14.9 Å². The van der Waals surface area contributed by atoms with Gasteiger partial charge in [-0.15, -0.1) is 0 Å². The summed E-state index contributed by atoms with van der Waals surface area (Å²) in [6, 6.07) is 1.58. The molecule has 1 amide bonds. The lowest BCUT2D eigenvalue weighted by Gasteiger charge is -2.35. The van der Waals surface area contributed by atoms with Crippen LogP contribution in [-0.2, 0) is 14.3 Å². The van der Waals surface area contributed by atoms with Crippen molar-refractivity contribution in [2.24, 2.45) is 0 Å². The second-order valence-corrected chi connectivity index (χ2v) is 6.28. The predicted octanol–water partition coefficient (Wildman–Crippen LogP) is 1.94. The molecule has 1 N–H and O–H groups in total. The molecule has 3 rings (SSSR count). The molecule has 0 radical (unpaired) electrons. The fourth-order valence-electron chi connectivity index (χ4n) is 3.19. The lowest BCUT2D eigenvalue weighted by Crippen LogP contribution is -2.44. The van der Waals surface area contributed by atoms with Crippen LogP contribution in [-0.4, -0.2) is 60.8 Å². The topological polar surface area (TPSA) is 76.6 Å². The van der Waals surface area contributed by atoms with Gasteiger partial charge in [0.05, 0.1) is 19.8 Å². The number of rotatable bonds is 6. The molecule has 1 aromatic rings. The number of hydrogen-bond acceptors (Lipinski definition) is 6. The number of carbonyl (C=O) groups excluding carboxylic acids is 1. The van der Waals surface area contributed by atoms with Gasteiger partial charge in [-0.05, 0) is 31.7 Å². The van der Waals surface area contributed by atoms with Gasteiger partial charge in [0, 0.05) is 32.0 Å². The second-order valence-electron chi connectivity index (χ2n) is 6.28. The number of anilines is 1. The Kier molecular flexibility index (Phi) is 6.36. The number of amides is 1. The Morgan fingerprint density at radius 1 is 1.48 bits per heavy atom. The molecule has 7 heteroatoms. The zero-order valence-corrected chi connectivity index (χ0v) is 14.7. The van der Waals surface area contributed by atoms with Crippen molar-refractivity contribution in [2.45, 2.75) is 31.7 Å². The molecule has 0 spiro atoms. The van der Waals surface area contributed by atoms with E-state index in [0.29, 0.717) is 38.7 Å². The van der Waals surface area contributed by atoms with Gasteiger partial charge < -0.3 is 19.7 Å². The third-order valence-corrected chi connectivity index (χ3v) is 4.54. The van der Waals surface area contributed by atoms with E-state index in [1.807, 2.05) is 11.0 Å². The number of methoxy groups -OCH3 is 1. The maximum absolute atomic E-state index is 12.9. The number of carbonyl (C=O) groups is 1. The number of ether oxygens (including phenoxy) is 2. The highest BCUT2D eigenvalue weighted by Crippen LogP contribution is 2.27. The highest BCUT2D eigenvalue weighted by molar-refractivity contribution is 5.93. The Balaban J connectivity index is 1.75. The van der Waals surface area contributed by atoms with E-state index in [0.717, 1.165) is 30.7 Å². The lowest BCUT2D eigenvalue weighted by atomic mass is 9.98. The summed E-state index contributed by atoms with van der Waals surface area (Å²) in [4.78, 5) is 23.8. The smallest absolute Gasteiger partial charge is 0.250 e. The van der Waals surface area contributed by atoms with E-state index >= 15 is 0 Å². The number of morpholine rings is 1. The van der Waals surface area contributed by atoms with Gasteiger partial charge in [-0.1, -0.05) is 6.08 Å². The van der Waals surface area contributed by atoms with Crippen molar-refractivity contribution < 1.29 is 14.3 Å². The van der Waals surface area contributed by atoms with Crippen molar-refractivity contribution in [3.63, 3.8) is 0 Å². The minimum Gasteiger partial charge on any atom is -0.383 e. The van der Waals surface area contributed by atoms with E-state index < -0.39 is 0 Å². The van der Waals surface area contributed by atoms with Crippen molar-refractivity contribution in [1.29, 1.82) is 0 Å². The normalized spacial score (nSPS) is 20.9. The molecule has 1 unspecified atom stereocenters. The van der Waals surface area contributed by atoms with Gasteiger partial charge in [0.15, 0.2) is 5.82 Å². The van der Waals surface area contributed by atoms with Gasteiger partial charge in [0.1, 0.15) is 11.9 Å². The molecule has 1 saturated heterocycles. The molecule has 1 aliphatic carbocycles. The summed E-state index contributed by atoms with van der Waals surface area (Å²) in [6.07, 6.45) is 7.91. The molecule has 0 bridgehead atoms. The summed E-state index contributed by atoms with van der Waals surface area (Å²) in [5.41, 5.74) is 0.924. The molecule has 2 heterocycles. The van der Waals surface area contributed by atoms with E-state index in [-0.39, 0.29) is 11.9 Å². The first-order valence-corrected chi connectivity index (χ1v) is 8.93. The second kappa shape index (κ2) is 8.92. The molecule has 1 atom stereocenters. The van der Waals surface area contributed by atoms with Crippen LogP contribution in [0.4, 0.5) is 5.82 Å². The summed E-state index contributed by atoms with van der Waals surface area (Å²) in [5.74, 6) is 1.46. The van der Waals surface area contributed by atoms with Crippen LogP contribution in [0.2, 0.25) is 0 Å². The molecule has 7 nitrogen and oxygen atoms in total. The SMILES string of the molecule is COCCNc1ccnc(C2COCCN2C(=O)C2=CCCCC2)n1. The average Bonchev–Trinajstić information content (AvgIpc) is 2.68. The molecular formula is C18H26N4O3. The molecule has 1 fully saturated rings. The first-order chi connectivity index (χ1) is 12.3. The van der Waals surface area contributed by atoms with Crippen LogP contribution in [0.25, 0.3) is 0 Å². The van der Waals surface area contributed by atoms with Gasteiger partial charge in [-0.25, -0.2) is 9.97 Å². The first-order valence-electron chi connectivity index (χ1n) is 8.93. The fourth-order valence-corrected chi connectivity index (χ4v) is 3.19. The highest BCUT2D eigenvalue weighted by Gasteiger charge is 2.32. The van der Waals surface area contributed by atoms with E-state index in [4.69, 9.17) is 9.47 Å². The number of hydrogen-bond donors (Lipinski definition) is 1. The quantitative estimate of drug-likeness (QED) is 0.793. The largest absolute Gasteiger partial charge is 0.383 e. The van der Waals surface area contributed by atoms with Gasteiger partial charge in [0.2, 0.25) is 5.91 Å². The Morgan fingerprint density at radius 2 is 2.40 bits per heavy atom. The van der Waals surface area contributed by atoms with E-state index in [9.17, 15) is 4.79 Å². The number of nitrogens with zero attached hydrogens (tertiary/aromatic N) is 3. The van der Waals surface area contributed by atoms with Crippen LogP contribution in [0.1, 0.15) is 37.5 Å². The van der Waals surface area contributed by atoms with Gasteiger partial charge in [-0.3, -0.25) is 4.79 Å². The molecule has 0 aromatic carbocycles. The Hall–Kier alpha value is -1.99. The zero-order chi connectivity index (χ0) is 17.5. The maximum atomic E-state index is 12.9. The maximum Gasteiger partial charge on any atom is 0.250 e. The summed E-state index contributed by atoms with van der Waals surface area (Å²) < 4.78 is 10.6. The van der Waals surface area contributed by atoms with Crippen LogP contribution < -0.4 is 5.32 Å². The summed E-state index contributed by atoms with van der Waals surface area (Å²) in [6.45, 7) is 2.83. The zero-order valence-electron chi connectivity index (χ0n) is 14.7. The third kappa shape index (κ3) is 4.55. The summed E-state index contributed by atoms with van der Waals surface area (Å²) in [5, 5.41) is 3.20. The van der Waals surface area contributed by atoms with E-state index in [1.165, 1.54) is 6.42 Å². The molecule has 25 heavy (non-hydrogen) atoms. The van der Waals surface area contributed by atoms with Crippen molar-refractivity contribution in [3.8, 4) is 0 Å². The monoisotopic (exact) mass is 346 g/mol. The van der Waals surface area contributed by atoms with Gasteiger partial charge in [-0.2, -0.15) is 0 Å². The van der Waals surface area contributed by atoms with Crippen molar-refractivity contribution >= 4 is 11.7 Å². The molecule has 1 aromatic heterocycles. The first kappa shape index (κ1) is 17.8. The minimum atomic E-state index is -0.242. The van der Waals surface area contributed by atoms with Crippen LogP contribution >= 0.6 is 0 Å². The molecule has 2 aliphatic rings. The molecular weight excluding hydrogens is 320 g/mol. The Morgan fingerprint density at radius 3 is 3.20 bits per heavy atom. The standard InChI is InChI=1S/C18H26N4O3/c1-24-11-9-19-16-7-8-20-17(21-16)15-13-25-12-10-22(15)18(23)14-5-3-2-4-6-14/h5,7-8,15H,2-4,6,9-13H2,1H3,(H,19,20,21). The van der Waals surface area contributed by atoms with Gasteiger partial charge in [0.25, 0.3) is 0 Å². The number of allylic oxidation sites excluding steroid dienone is 1. The number of nitrogens with one attached hydrogen (secondary N) is 1. The Bertz CT molecular complexity index is 620. The van der Waals surface area contributed by atoms with Crippen LogP contribution in [0.3, 0.4) is 0 Å². The van der Waals surface area contributed by atoms with Crippen molar-refractivity contribution in [3.05, 3.63) is 29.7 Å². The minimum absolute atomic E-state index is 0.106. The summed E-state index contributed by atoms with van der Waals surface area (Å²) >= 11 is 0. The summed E-state index contributed by atoms with van der Waals surface area (Å²) in [7, 11) is 1.66. The lowest BCUT2D eigenvalue weighted by molar-refractivity contribution is -0.136. The predicted molar refractivity (Wildman–Crippen MR) is 94.2 cm³/mol. The highest BCUT2D eigenvalue weighted by atomic mass is 16.5. The van der Waals surface area contributed by atoms with Crippen LogP contribution in [0.15, 0.2) is 23.9 Å². The molecule has 1 aliphatic heterocycles. The number of aromatic nitrogens is 2. The molecule has 0 saturated carbocycles. The van der Waals surface area contributed by atoms with Gasteiger partial charge >= 0.3 is 0 Å². The van der Waals surface area contributed by atoms with Crippen LogP contribution in [0.5, 0.6) is 0 Å². The fraction of sp³-hybridized carbons (Fsp3) is 0.611. The van der Waals surface area contributed by atoms with E-state index in [2.05, 4.69) is 21.4 Å². The average molecular weight is 346 g/mol.